The molecule has 1 saturated heterocycles. The van der Waals surface area contributed by atoms with Gasteiger partial charge in [-0.3, -0.25) is 9.59 Å². The zero-order valence-electron chi connectivity index (χ0n) is 21.0. The van der Waals surface area contributed by atoms with Crippen LogP contribution in [0.4, 0.5) is 0 Å². The molecule has 0 bridgehead atoms. The average Bonchev–Trinajstić information content (AvgIpc) is 3.56. The van der Waals surface area contributed by atoms with Crippen LogP contribution in [-0.4, -0.2) is 62.1 Å². The van der Waals surface area contributed by atoms with Crippen LogP contribution in [-0.2, 0) is 6.42 Å². The molecule has 1 fully saturated rings. The van der Waals surface area contributed by atoms with E-state index in [2.05, 4.69) is 21.0 Å². The fourth-order valence-electron chi connectivity index (χ4n) is 4.65. The first-order chi connectivity index (χ1) is 17.9. The van der Waals surface area contributed by atoms with E-state index in [1.54, 1.807) is 10.9 Å². The molecule has 0 saturated carbocycles. The van der Waals surface area contributed by atoms with Crippen molar-refractivity contribution >= 4 is 39.1 Å². The van der Waals surface area contributed by atoms with E-state index in [1.165, 1.54) is 11.3 Å². The highest BCUT2D eigenvalue weighted by Crippen LogP contribution is 2.27. The largest absolute Gasteiger partial charge is 0.335 e. The highest BCUT2D eigenvalue weighted by Gasteiger charge is 2.32. The van der Waals surface area contributed by atoms with Crippen molar-refractivity contribution in [2.45, 2.75) is 33.2 Å². The third-order valence-corrected chi connectivity index (χ3v) is 8.07. The number of aromatic nitrogens is 3. The highest BCUT2D eigenvalue weighted by atomic mass is 79.9. The second kappa shape index (κ2) is 10.6. The van der Waals surface area contributed by atoms with Gasteiger partial charge in [-0.15, -0.1) is 11.3 Å². The predicted molar refractivity (Wildman–Crippen MR) is 149 cm³/mol. The van der Waals surface area contributed by atoms with Crippen LogP contribution in [0, 0.1) is 6.92 Å². The SMILES string of the molecule is CCc1c(C(=O)N2CCN(C(=O)c3ccc(C)cc3)C(C)C2)cnn1-c1nc(-c2ccc(Br)cc2)cs1. The number of hydrogen-bond acceptors (Lipinski definition) is 5. The summed E-state index contributed by atoms with van der Waals surface area (Å²) in [6.07, 6.45) is 2.30. The van der Waals surface area contributed by atoms with E-state index in [0.717, 1.165) is 32.1 Å². The van der Waals surface area contributed by atoms with Gasteiger partial charge in [0.25, 0.3) is 11.8 Å². The number of hydrogen-bond donors (Lipinski definition) is 0. The normalized spacial score (nSPS) is 15.7. The molecule has 2 aromatic carbocycles. The molecule has 2 aromatic heterocycles. The molecular weight excluding hydrogens is 550 g/mol. The van der Waals surface area contributed by atoms with Crippen molar-refractivity contribution in [3.8, 4) is 16.4 Å². The lowest BCUT2D eigenvalue weighted by Gasteiger charge is -2.40. The van der Waals surface area contributed by atoms with Crippen LogP contribution < -0.4 is 0 Å². The van der Waals surface area contributed by atoms with Crippen molar-refractivity contribution in [2.24, 2.45) is 0 Å². The molecular formula is C28H28BrN5O2S. The molecule has 1 aliphatic heterocycles. The number of thiazole rings is 1. The van der Waals surface area contributed by atoms with Crippen molar-refractivity contribution in [3.63, 3.8) is 0 Å². The molecule has 37 heavy (non-hydrogen) atoms. The van der Waals surface area contributed by atoms with Gasteiger partial charge >= 0.3 is 0 Å². The van der Waals surface area contributed by atoms with E-state index in [4.69, 9.17) is 4.98 Å². The molecule has 0 radical (unpaired) electrons. The van der Waals surface area contributed by atoms with Gasteiger partial charge < -0.3 is 9.80 Å². The molecule has 1 aliphatic rings. The van der Waals surface area contributed by atoms with Crippen LogP contribution in [0.15, 0.2) is 64.6 Å². The minimum Gasteiger partial charge on any atom is -0.335 e. The Balaban J connectivity index is 1.32. The standard InChI is InChI=1S/C28H28BrN5O2S/c1-4-25-23(15-30-34(25)28-31-24(17-37-28)20-9-11-22(29)12-10-20)27(36)32-13-14-33(19(3)16-32)26(35)21-7-5-18(2)6-8-21/h5-12,15,17,19H,4,13-14,16H2,1-3H3. The van der Waals surface area contributed by atoms with E-state index in [1.807, 2.05) is 84.5 Å². The molecule has 3 heterocycles. The maximum Gasteiger partial charge on any atom is 0.257 e. The van der Waals surface area contributed by atoms with Gasteiger partial charge in [0.1, 0.15) is 0 Å². The number of aryl methyl sites for hydroxylation is 1. The van der Waals surface area contributed by atoms with E-state index >= 15 is 0 Å². The Bertz CT molecular complexity index is 1430. The lowest BCUT2D eigenvalue weighted by Crippen LogP contribution is -2.55. The van der Waals surface area contributed by atoms with Gasteiger partial charge in [-0.2, -0.15) is 5.10 Å². The van der Waals surface area contributed by atoms with Crippen LogP contribution in [0.3, 0.4) is 0 Å². The first kappa shape index (κ1) is 25.4. The second-order valence-electron chi connectivity index (χ2n) is 9.26. The fourth-order valence-corrected chi connectivity index (χ4v) is 5.73. The maximum absolute atomic E-state index is 13.6. The Morgan fingerprint density at radius 3 is 2.46 bits per heavy atom. The van der Waals surface area contributed by atoms with Crippen LogP contribution in [0.1, 0.15) is 45.8 Å². The van der Waals surface area contributed by atoms with Crippen molar-refractivity contribution in [3.05, 3.63) is 87.0 Å². The third kappa shape index (κ3) is 5.10. The summed E-state index contributed by atoms with van der Waals surface area (Å²) in [5.74, 6) is -0.0471. The van der Waals surface area contributed by atoms with E-state index in [0.29, 0.717) is 37.2 Å². The fraction of sp³-hybridized carbons (Fsp3) is 0.286. The summed E-state index contributed by atoms with van der Waals surface area (Å²) in [7, 11) is 0. The molecule has 5 rings (SSSR count). The maximum atomic E-state index is 13.6. The van der Waals surface area contributed by atoms with Gasteiger partial charge in [0.2, 0.25) is 5.13 Å². The number of piperazine rings is 1. The molecule has 1 unspecified atom stereocenters. The minimum absolute atomic E-state index is 0.00649. The van der Waals surface area contributed by atoms with E-state index in [9.17, 15) is 9.59 Å². The zero-order chi connectivity index (χ0) is 26.1. The molecule has 190 valence electrons. The predicted octanol–water partition coefficient (Wildman–Crippen LogP) is 5.62. The topological polar surface area (TPSA) is 71.3 Å². The Kier molecular flexibility index (Phi) is 7.26. The molecule has 2 amide bonds. The van der Waals surface area contributed by atoms with Crippen LogP contribution in [0.5, 0.6) is 0 Å². The number of benzene rings is 2. The summed E-state index contributed by atoms with van der Waals surface area (Å²) in [6.45, 7) is 7.49. The van der Waals surface area contributed by atoms with Crippen molar-refractivity contribution in [1.29, 1.82) is 0 Å². The van der Waals surface area contributed by atoms with Crippen molar-refractivity contribution < 1.29 is 9.59 Å². The van der Waals surface area contributed by atoms with Gasteiger partial charge in [0.15, 0.2) is 0 Å². The van der Waals surface area contributed by atoms with Crippen LogP contribution in [0.2, 0.25) is 0 Å². The van der Waals surface area contributed by atoms with E-state index < -0.39 is 0 Å². The Labute approximate surface area is 228 Å². The third-order valence-electron chi connectivity index (χ3n) is 6.72. The number of halogens is 1. The van der Waals surface area contributed by atoms with Crippen LogP contribution in [0.25, 0.3) is 16.4 Å². The Hall–Kier alpha value is -3.30. The smallest absolute Gasteiger partial charge is 0.257 e. The quantitative estimate of drug-likeness (QED) is 0.309. The van der Waals surface area contributed by atoms with Gasteiger partial charge in [-0.25, -0.2) is 9.67 Å². The summed E-state index contributed by atoms with van der Waals surface area (Å²) >= 11 is 4.97. The average molecular weight is 579 g/mol. The number of nitrogens with zero attached hydrogens (tertiary/aromatic N) is 5. The Morgan fingerprint density at radius 2 is 1.78 bits per heavy atom. The molecule has 0 spiro atoms. The van der Waals surface area contributed by atoms with E-state index in [-0.39, 0.29) is 17.9 Å². The lowest BCUT2D eigenvalue weighted by molar-refractivity contribution is 0.0414. The number of amides is 2. The summed E-state index contributed by atoms with van der Waals surface area (Å²) in [5, 5.41) is 7.29. The lowest BCUT2D eigenvalue weighted by atomic mass is 10.1. The first-order valence-electron chi connectivity index (χ1n) is 12.3. The second-order valence-corrected chi connectivity index (χ2v) is 11.0. The molecule has 7 nitrogen and oxygen atoms in total. The van der Waals surface area contributed by atoms with Gasteiger partial charge in [-0.05, 0) is 44.5 Å². The molecule has 0 aliphatic carbocycles. The first-order valence-corrected chi connectivity index (χ1v) is 14.0. The van der Waals surface area contributed by atoms with Crippen molar-refractivity contribution in [1.82, 2.24) is 24.6 Å². The number of carbonyl (C=O) groups excluding carboxylic acids is 2. The monoisotopic (exact) mass is 577 g/mol. The zero-order valence-corrected chi connectivity index (χ0v) is 23.4. The summed E-state index contributed by atoms with van der Waals surface area (Å²) in [5.41, 5.74) is 5.13. The van der Waals surface area contributed by atoms with Gasteiger partial charge in [-0.1, -0.05) is 52.7 Å². The summed E-state index contributed by atoms with van der Waals surface area (Å²) in [6, 6.07) is 15.6. The molecule has 4 aromatic rings. The molecule has 0 N–H and O–H groups in total. The van der Waals surface area contributed by atoms with Gasteiger partial charge in [0, 0.05) is 46.7 Å². The van der Waals surface area contributed by atoms with Gasteiger partial charge in [0.05, 0.1) is 23.1 Å². The molecule has 9 heteroatoms. The van der Waals surface area contributed by atoms with Crippen LogP contribution >= 0.6 is 27.3 Å². The van der Waals surface area contributed by atoms with Crippen molar-refractivity contribution in [2.75, 3.05) is 19.6 Å². The number of carbonyl (C=O) groups is 2. The minimum atomic E-state index is -0.0842. The molecule has 1 atom stereocenters. The number of rotatable bonds is 5. The Morgan fingerprint density at radius 1 is 1.05 bits per heavy atom. The highest BCUT2D eigenvalue weighted by molar-refractivity contribution is 9.10. The summed E-state index contributed by atoms with van der Waals surface area (Å²) in [4.78, 5) is 35.1. The summed E-state index contributed by atoms with van der Waals surface area (Å²) < 4.78 is 2.80.